The molecule has 0 heterocycles. The molecule has 2 aliphatic rings. The van der Waals surface area contributed by atoms with E-state index in [-0.39, 0.29) is 6.10 Å². The Hall–Kier alpha value is -0.0800. The van der Waals surface area contributed by atoms with Gasteiger partial charge in [-0.15, -0.1) is 0 Å². The molecule has 2 N–H and O–H groups in total. The minimum Gasteiger partial charge on any atom is -0.393 e. The van der Waals surface area contributed by atoms with Gasteiger partial charge >= 0.3 is 0 Å². The van der Waals surface area contributed by atoms with Crippen molar-refractivity contribution in [3.05, 3.63) is 0 Å². The molecule has 2 fully saturated rings. The van der Waals surface area contributed by atoms with Crippen molar-refractivity contribution in [1.29, 1.82) is 0 Å². The second-order valence-corrected chi connectivity index (χ2v) is 5.83. The molecule has 0 aromatic heterocycles. The highest BCUT2D eigenvalue weighted by atomic mass is 16.3. The molecule has 0 radical (unpaired) electrons. The van der Waals surface area contributed by atoms with Gasteiger partial charge < -0.3 is 10.4 Å². The summed E-state index contributed by atoms with van der Waals surface area (Å²) in [6, 6.07) is 0.709. The van der Waals surface area contributed by atoms with Crippen LogP contribution in [0.15, 0.2) is 0 Å². The van der Waals surface area contributed by atoms with Gasteiger partial charge in [-0.2, -0.15) is 0 Å². The monoisotopic (exact) mass is 197 g/mol. The highest BCUT2D eigenvalue weighted by Crippen LogP contribution is 2.37. The lowest BCUT2D eigenvalue weighted by Crippen LogP contribution is -2.44. The van der Waals surface area contributed by atoms with Crippen LogP contribution in [0.5, 0.6) is 0 Å². The van der Waals surface area contributed by atoms with Crippen molar-refractivity contribution in [2.45, 2.75) is 58.1 Å². The molecule has 82 valence electrons. The Bertz CT molecular complexity index is 196. The third-order valence-electron chi connectivity index (χ3n) is 4.12. The zero-order valence-electron chi connectivity index (χ0n) is 9.42. The van der Waals surface area contributed by atoms with E-state index >= 15 is 0 Å². The zero-order valence-corrected chi connectivity index (χ0v) is 9.42. The molecule has 0 saturated heterocycles. The van der Waals surface area contributed by atoms with E-state index < -0.39 is 0 Å². The molecular weight excluding hydrogens is 174 g/mol. The fourth-order valence-electron chi connectivity index (χ4n) is 2.88. The molecule has 0 spiro atoms. The normalized spacial score (nSPS) is 40.9. The molecule has 2 nitrogen and oxygen atoms in total. The van der Waals surface area contributed by atoms with Gasteiger partial charge in [-0.1, -0.05) is 20.3 Å². The van der Waals surface area contributed by atoms with Gasteiger partial charge in [0.25, 0.3) is 0 Å². The van der Waals surface area contributed by atoms with Crippen LogP contribution < -0.4 is 5.32 Å². The topological polar surface area (TPSA) is 32.3 Å². The van der Waals surface area contributed by atoms with Gasteiger partial charge in [-0.25, -0.2) is 0 Å². The van der Waals surface area contributed by atoms with E-state index in [1.54, 1.807) is 0 Å². The van der Waals surface area contributed by atoms with Crippen molar-refractivity contribution in [2.24, 2.45) is 11.3 Å². The molecule has 0 amide bonds. The molecule has 1 atom stereocenters. The lowest BCUT2D eigenvalue weighted by atomic mass is 9.81. The van der Waals surface area contributed by atoms with Gasteiger partial charge in [-0.3, -0.25) is 0 Å². The largest absolute Gasteiger partial charge is 0.393 e. The van der Waals surface area contributed by atoms with Crippen LogP contribution in [0.25, 0.3) is 0 Å². The van der Waals surface area contributed by atoms with E-state index in [4.69, 9.17) is 0 Å². The van der Waals surface area contributed by atoms with Gasteiger partial charge in [0.05, 0.1) is 6.10 Å². The van der Waals surface area contributed by atoms with E-state index in [0.717, 1.165) is 25.3 Å². The first-order chi connectivity index (χ1) is 6.58. The minimum atomic E-state index is -0.00149. The average molecular weight is 197 g/mol. The van der Waals surface area contributed by atoms with E-state index in [2.05, 4.69) is 19.2 Å². The van der Waals surface area contributed by atoms with Gasteiger partial charge in [0.2, 0.25) is 0 Å². The lowest BCUT2D eigenvalue weighted by molar-refractivity contribution is 0.0402. The van der Waals surface area contributed by atoms with Crippen LogP contribution in [-0.4, -0.2) is 23.8 Å². The van der Waals surface area contributed by atoms with Gasteiger partial charge in [-0.05, 0) is 43.6 Å². The Kier molecular flexibility index (Phi) is 2.85. The van der Waals surface area contributed by atoms with Crippen LogP contribution >= 0.6 is 0 Å². The van der Waals surface area contributed by atoms with Gasteiger partial charge in [0.15, 0.2) is 0 Å². The van der Waals surface area contributed by atoms with E-state index in [1.165, 1.54) is 19.3 Å². The first kappa shape index (κ1) is 10.4. The van der Waals surface area contributed by atoms with Gasteiger partial charge in [0.1, 0.15) is 0 Å². The Morgan fingerprint density at radius 3 is 2.57 bits per heavy atom. The quantitative estimate of drug-likeness (QED) is 0.724. The van der Waals surface area contributed by atoms with Crippen LogP contribution in [0.2, 0.25) is 0 Å². The molecule has 2 saturated carbocycles. The highest BCUT2D eigenvalue weighted by Gasteiger charge is 2.35. The van der Waals surface area contributed by atoms with Crippen molar-refractivity contribution in [3.8, 4) is 0 Å². The molecule has 2 heteroatoms. The summed E-state index contributed by atoms with van der Waals surface area (Å²) in [5.41, 5.74) is 0.488. The minimum absolute atomic E-state index is 0.00149. The molecule has 0 aliphatic heterocycles. The smallest absolute Gasteiger partial charge is 0.0546 e. The SMILES string of the molecule is CC1(C)CCCC1NCC1CC(O)C1. The Labute approximate surface area is 87.1 Å². The molecular formula is C12H23NO. The maximum absolute atomic E-state index is 9.19. The summed E-state index contributed by atoms with van der Waals surface area (Å²) in [6.45, 7) is 5.85. The predicted octanol–water partition coefficient (Wildman–Crippen LogP) is 1.93. The first-order valence-electron chi connectivity index (χ1n) is 5.99. The highest BCUT2D eigenvalue weighted by molar-refractivity contribution is 4.91. The van der Waals surface area contributed by atoms with Crippen LogP contribution in [0, 0.1) is 11.3 Å². The molecule has 1 unspecified atom stereocenters. The number of rotatable bonds is 3. The second-order valence-electron chi connectivity index (χ2n) is 5.83. The van der Waals surface area contributed by atoms with Crippen molar-refractivity contribution in [3.63, 3.8) is 0 Å². The van der Waals surface area contributed by atoms with Crippen LogP contribution in [-0.2, 0) is 0 Å². The Morgan fingerprint density at radius 2 is 2.07 bits per heavy atom. The summed E-state index contributed by atoms with van der Waals surface area (Å²) in [6.07, 6.45) is 6.09. The summed E-state index contributed by atoms with van der Waals surface area (Å²) >= 11 is 0. The second kappa shape index (κ2) is 3.82. The fraction of sp³-hybridized carbons (Fsp3) is 1.00. The van der Waals surface area contributed by atoms with Gasteiger partial charge in [0, 0.05) is 6.04 Å². The third-order valence-corrected chi connectivity index (χ3v) is 4.12. The van der Waals surface area contributed by atoms with Crippen LogP contribution in [0.4, 0.5) is 0 Å². The maximum Gasteiger partial charge on any atom is 0.0546 e. The molecule has 0 aromatic rings. The number of aliphatic hydroxyl groups excluding tert-OH is 1. The number of aliphatic hydroxyl groups is 1. The number of hydrogen-bond acceptors (Lipinski definition) is 2. The van der Waals surface area contributed by atoms with Crippen molar-refractivity contribution < 1.29 is 5.11 Å². The predicted molar refractivity (Wildman–Crippen MR) is 58.2 cm³/mol. The van der Waals surface area contributed by atoms with E-state index in [0.29, 0.717) is 11.5 Å². The van der Waals surface area contributed by atoms with E-state index in [1.807, 2.05) is 0 Å². The molecule has 14 heavy (non-hydrogen) atoms. The third kappa shape index (κ3) is 2.12. The van der Waals surface area contributed by atoms with Crippen LogP contribution in [0.3, 0.4) is 0 Å². The Balaban J connectivity index is 1.70. The first-order valence-corrected chi connectivity index (χ1v) is 5.99. The fourth-order valence-corrected chi connectivity index (χ4v) is 2.88. The lowest BCUT2D eigenvalue weighted by Gasteiger charge is -2.35. The average Bonchev–Trinajstić information content (AvgIpc) is 2.37. The van der Waals surface area contributed by atoms with Crippen molar-refractivity contribution >= 4 is 0 Å². The van der Waals surface area contributed by atoms with Crippen molar-refractivity contribution in [1.82, 2.24) is 5.32 Å². The molecule has 2 aliphatic carbocycles. The van der Waals surface area contributed by atoms with E-state index in [9.17, 15) is 5.11 Å². The molecule has 0 bridgehead atoms. The molecule has 0 aromatic carbocycles. The maximum atomic E-state index is 9.19. The summed E-state index contributed by atoms with van der Waals surface area (Å²) in [7, 11) is 0. The zero-order chi connectivity index (χ0) is 10.2. The summed E-state index contributed by atoms with van der Waals surface area (Å²) < 4.78 is 0. The standard InChI is InChI=1S/C12H23NO/c1-12(2)5-3-4-11(12)13-8-9-6-10(14)7-9/h9-11,13-14H,3-8H2,1-2H3. The summed E-state index contributed by atoms with van der Waals surface area (Å²) in [5.74, 6) is 0.737. The molecule has 2 rings (SSSR count). The Morgan fingerprint density at radius 1 is 1.36 bits per heavy atom. The summed E-state index contributed by atoms with van der Waals surface area (Å²) in [5, 5.41) is 12.9. The van der Waals surface area contributed by atoms with Crippen molar-refractivity contribution in [2.75, 3.05) is 6.54 Å². The number of hydrogen-bond donors (Lipinski definition) is 2. The van der Waals surface area contributed by atoms with Crippen LogP contribution in [0.1, 0.15) is 46.0 Å². The summed E-state index contributed by atoms with van der Waals surface area (Å²) in [4.78, 5) is 0. The number of nitrogens with one attached hydrogen (secondary N) is 1.